The number of hydrogen-bond acceptors (Lipinski definition) is 4. The maximum Gasteiger partial charge on any atom is 0.219 e. The molecule has 1 aromatic heterocycles. The maximum atomic E-state index is 5.44. The van der Waals surface area contributed by atoms with Crippen molar-refractivity contribution in [2.75, 3.05) is 18.5 Å². The fraction of sp³-hybridized carbons (Fsp3) is 0.455. The number of allylic oxidation sites excluding steroid dienone is 1. The van der Waals surface area contributed by atoms with Crippen molar-refractivity contribution >= 4 is 5.82 Å². The van der Waals surface area contributed by atoms with Gasteiger partial charge in [0.15, 0.2) is 0 Å². The van der Waals surface area contributed by atoms with Crippen molar-refractivity contribution in [2.24, 2.45) is 0 Å². The summed E-state index contributed by atoms with van der Waals surface area (Å²) in [6.07, 6.45) is 3.88. The molecule has 4 nitrogen and oxygen atoms in total. The highest BCUT2D eigenvalue weighted by atomic mass is 16.5. The van der Waals surface area contributed by atoms with Crippen LogP contribution in [0.15, 0.2) is 18.2 Å². The number of ether oxygens (including phenoxy) is 1. The van der Waals surface area contributed by atoms with Crippen LogP contribution in [0.2, 0.25) is 0 Å². The molecule has 0 amide bonds. The first-order valence-electron chi connectivity index (χ1n) is 5.09. The van der Waals surface area contributed by atoms with Crippen molar-refractivity contribution in [3.63, 3.8) is 0 Å². The summed E-state index contributed by atoms with van der Waals surface area (Å²) in [4.78, 5) is 8.41. The summed E-state index contributed by atoms with van der Waals surface area (Å²) < 4.78 is 5.44. The van der Waals surface area contributed by atoms with E-state index in [0.29, 0.717) is 18.3 Å². The minimum atomic E-state index is 0.540. The van der Waals surface area contributed by atoms with Crippen LogP contribution in [-0.4, -0.2) is 23.1 Å². The van der Waals surface area contributed by atoms with E-state index in [-0.39, 0.29) is 0 Å². The van der Waals surface area contributed by atoms with E-state index in [4.69, 9.17) is 4.74 Å². The minimum absolute atomic E-state index is 0.540. The molecule has 0 unspecified atom stereocenters. The number of aryl methyl sites for hydroxylation is 1. The standard InChI is InChI=1S/C11H17N3O/c1-4-6-7-15-11-8-10(12-5-2)13-9(3)14-11/h4,6,8H,5,7H2,1-3H3,(H,12,13,14)/b6-4+. The lowest BCUT2D eigenvalue weighted by Crippen LogP contribution is -2.04. The molecule has 0 spiro atoms. The molecule has 4 heteroatoms. The largest absolute Gasteiger partial charge is 0.473 e. The van der Waals surface area contributed by atoms with Gasteiger partial charge in [-0.05, 0) is 20.8 Å². The van der Waals surface area contributed by atoms with E-state index in [0.717, 1.165) is 12.4 Å². The molecule has 0 fully saturated rings. The molecule has 0 saturated heterocycles. The summed E-state index contributed by atoms with van der Waals surface area (Å²) in [6, 6.07) is 1.81. The molecule has 1 rings (SSSR count). The van der Waals surface area contributed by atoms with Crippen LogP contribution in [0.4, 0.5) is 5.82 Å². The molecule has 0 radical (unpaired) electrons. The van der Waals surface area contributed by atoms with Crippen LogP contribution >= 0.6 is 0 Å². The second-order valence-corrected chi connectivity index (χ2v) is 3.05. The predicted octanol–water partition coefficient (Wildman–Crippen LogP) is 2.17. The highest BCUT2D eigenvalue weighted by Gasteiger charge is 2.00. The predicted molar refractivity (Wildman–Crippen MR) is 61.2 cm³/mol. The van der Waals surface area contributed by atoms with Gasteiger partial charge in [-0.15, -0.1) is 0 Å². The average Bonchev–Trinajstić information content (AvgIpc) is 2.18. The normalized spacial score (nSPS) is 10.6. The Bertz CT molecular complexity index is 337. The Morgan fingerprint density at radius 2 is 2.27 bits per heavy atom. The fourth-order valence-electron chi connectivity index (χ4n) is 1.12. The summed E-state index contributed by atoms with van der Waals surface area (Å²) in [7, 11) is 0. The van der Waals surface area contributed by atoms with Gasteiger partial charge in [0.25, 0.3) is 0 Å². The fourth-order valence-corrected chi connectivity index (χ4v) is 1.12. The van der Waals surface area contributed by atoms with Gasteiger partial charge in [-0.1, -0.05) is 12.2 Å². The monoisotopic (exact) mass is 207 g/mol. The zero-order valence-electron chi connectivity index (χ0n) is 9.45. The summed E-state index contributed by atoms with van der Waals surface area (Å²) in [5, 5.41) is 3.13. The number of nitrogens with zero attached hydrogens (tertiary/aromatic N) is 2. The van der Waals surface area contributed by atoms with Crippen LogP contribution in [0.3, 0.4) is 0 Å². The smallest absolute Gasteiger partial charge is 0.219 e. The Kier molecular flexibility index (Phi) is 4.60. The molecular formula is C11H17N3O. The topological polar surface area (TPSA) is 47.0 Å². The molecule has 1 heterocycles. The van der Waals surface area contributed by atoms with Gasteiger partial charge in [0, 0.05) is 12.6 Å². The third-order valence-corrected chi connectivity index (χ3v) is 1.74. The van der Waals surface area contributed by atoms with Crippen molar-refractivity contribution in [3.05, 3.63) is 24.0 Å². The van der Waals surface area contributed by atoms with Crippen LogP contribution in [0, 0.1) is 6.92 Å². The maximum absolute atomic E-state index is 5.44. The number of nitrogens with one attached hydrogen (secondary N) is 1. The van der Waals surface area contributed by atoms with Gasteiger partial charge >= 0.3 is 0 Å². The van der Waals surface area contributed by atoms with E-state index < -0.39 is 0 Å². The first-order chi connectivity index (χ1) is 7.26. The highest BCUT2D eigenvalue weighted by Crippen LogP contribution is 2.12. The van der Waals surface area contributed by atoms with Crippen LogP contribution in [-0.2, 0) is 0 Å². The Morgan fingerprint density at radius 1 is 1.47 bits per heavy atom. The molecule has 15 heavy (non-hydrogen) atoms. The van der Waals surface area contributed by atoms with Crippen molar-refractivity contribution < 1.29 is 4.74 Å². The zero-order valence-corrected chi connectivity index (χ0v) is 9.45. The molecule has 0 aliphatic carbocycles. The number of anilines is 1. The molecule has 0 atom stereocenters. The first-order valence-corrected chi connectivity index (χ1v) is 5.09. The van der Waals surface area contributed by atoms with E-state index >= 15 is 0 Å². The summed E-state index contributed by atoms with van der Waals surface area (Å²) in [5.74, 6) is 2.13. The second kappa shape index (κ2) is 6.01. The van der Waals surface area contributed by atoms with Gasteiger partial charge in [0.05, 0.1) is 0 Å². The first kappa shape index (κ1) is 11.5. The lowest BCUT2D eigenvalue weighted by Gasteiger charge is -2.06. The number of hydrogen-bond donors (Lipinski definition) is 1. The van der Waals surface area contributed by atoms with Crippen LogP contribution in [0.1, 0.15) is 19.7 Å². The summed E-state index contributed by atoms with van der Waals surface area (Å²) in [6.45, 7) is 7.21. The summed E-state index contributed by atoms with van der Waals surface area (Å²) >= 11 is 0. The van der Waals surface area contributed by atoms with Gasteiger partial charge in [0.1, 0.15) is 18.2 Å². The van der Waals surface area contributed by atoms with Crippen LogP contribution in [0.25, 0.3) is 0 Å². The average molecular weight is 207 g/mol. The Hall–Kier alpha value is -1.58. The van der Waals surface area contributed by atoms with Crippen molar-refractivity contribution in [2.45, 2.75) is 20.8 Å². The van der Waals surface area contributed by atoms with E-state index in [1.54, 1.807) is 6.07 Å². The molecule has 0 bridgehead atoms. The Labute approximate surface area is 90.4 Å². The molecule has 1 N–H and O–H groups in total. The van der Waals surface area contributed by atoms with E-state index in [1.807, 2.05) is 32.9 Å². The third kappa shape index (κ3) is 3.97. The molecule has 0 aromatic carbocycles. The number of aromatic nitrogens is 2. The Morgan fingerprint density at radius 3 is 2.93 bits per heavy atom. The van der Waals surface area contributed by atoms with Gasteiger partial charge in [0.2, 0.25) is 5.88 Å². The molecule has 82 valence electrons. The third-order valence-electron chi connectivity index (χ3n) is 1.74. The number of rotatable bonds is 5. The van der Waals surface area contributed by atoms with E-state index in [1.165, 1.54) is 0 Å². The summed E-state index contributed by atoms with van der Waals surface area (Å²) in [5.41, 5.74) is 0. The van der Waals surface area contributed by atoms with Gasteiger partial charge in [-0.2, -0.15) is 4.98 Å². The quantitative estimate of drug-likeness (QED) is 0.752. The molecule has 1 aromatic rings. The molecule has 0 saturated carbocycles. The lowest BCUT2D eigenvalue weighted by atomic mass is 10.5. The van der Waals surface area contributed by atoms with Gasteiger partial charge < -0.3 is 10.1 Å². The van der Waals surface area contributed by atoms with Gasteiger partial charge in [-0.25, -0.2) is 4.98 Å². The SMILES string of the molecule is C/C=C/COc1cc(NCC)nc(C)n1. The van der Waals surface area contributed by atoms with Crippen molar-refractivity contribution in [1.82, 2.24) is 9.97 Å². The van der Waals surface area contributed by atoms with E-state index in [2.05, 4.69) is 15.3 Å². The lowest BCUT2D eigenvalue weighted by molar-refractivity contribution is 0.347. The second-order valence-electron chi connectivity index (χ2n) is 3.05. The molecule has 0 aliphatic rings. The molecular weight excluding hydrogens is 190 g/mol. The van der Waals surface area contributed by atoms with Crippen LogP contribution < -0.4 is 10.1 Å². The minimum Gasteiger partial charge on any atom is -0.473 e. The van der Waals surface area contributed by atoms with Gasteiger partial charge in [-0.3, -0.25) is 0 Å². The highest BCUT2D eigenvalue weighted by molar-refractivity contribution is 5.38. The van der Waals surface area contributed by atoms with Crippen LogP contribution in [0.5, 0.6) is 5.88 Å². The van der Waals surface area contributed by atoms with E-state index in [9.17, 15) is 0 Å². The Balaban J connectivity index is 2.70. The van der Waals surface area contributed by atoms with Crippen molar-refractivity contribution in [3.8, 4) is 5.88 Å². The molecule has 0 aliphatic heterocycles. The zero-order chi connectivity index (χ0) is 11.1. The van der Waals surface area contributed by atoms with Crippen molar-refractivity contribution in [1.29, 1.82) is 0 Å².